The number of sulfonamides is 2. The maximum absolute atomic E-state index is 12.8. The lowest BCUT2D eigenvalue weighted by Gasteiger charge is -2.11. The Kier molecular flexibility index (Phi) is 7.15. The summed E-state index contributed by atoms with van der Waals surface area (Å²) in [4.78, 5) is 7.73. The molecule has 0 spiro atoms. The van der Waals surface area contributed by atoms with Gasteiger partial charge in [-0.05, 0) is 47.9 Å². The molecule has 0 fully saturated rings. The predicted molar refractivity (Wildman–Crippen MR) is 132 cm³/mol. The molecule has 0 aliphatic carbocycles. The second-order valence-electron chi connectivity index (χ2n) is 8.04. The van der Waals surface area contributed by atoms with Gasteiger partial charge in [-0.2, -0.15) is 21.6 Å². The maximum atomic E-state index is 12.8. The zero-order valence-electron chi connectivity index (χ0n) is 18.9. The summed E-state index contributed by atoms with van der Waals surface area (Å²) in [5.74, 6) is 0.639. The summed E-state index contributed by atoms with van der Waals surface area (Å²) in [6.45, 7) is 0. The van der Waals surface area contributed by atoms with Gasteiger partial charge in [-0.25, -0.2) is 17.8 Å². The molecular weight excluding hydrogens is 536 g/mol. The SMILES string of the molecule is O=S(=O)(CF)Nc1ccccc1-c1ccc2[nH]c(CCc3ccc(NS(=O)(=O)C(F)(F)F)cc3)nc2c1. The maximum Gasteiger partial charge on any atom is 0.516 e. The number of aromatic amines is 1. The Hall–Kier alpha value is -3.65. The second kappa shape index (κ2) is 10.0. The van der Waals surface area contributed by atoms with Crippen molar-refractivity contribution in [1.29, 1.82) is 0 Å². The van der Waals surface area contributed by atoms with Gasteiger partial charge in [-0.1, -0.05) is 36.4 Å². The van der Waals surface area contributed by atoms with E-state index in [9.17, 15) is 34.4 Å². The molecule has 3 N–H and O–H groups in total. The van der Waals surface area contributed by atoms with Crippen molar-refractivity contribution in [3.63, 3.8) is 0 Å². The summed E-state index contributed by atoms with van der Waals surface area (Å²) in [6.07, 6.45) is 0.942. The fraction of sp³-hybridized carbons (Fsp3) is 0.174. The zero-order chi connectivity index (χ0) is 26.8. The molecule has 37 heavy (non-hydrogen) atoms. The lowest BCUT2D eigenvalue weighted by Crippen LogP contribution is -2.29. The molecule has 0 saturated carbocycles. The lowest BCUT2D eigenvalue weighted by atomic mass is 10.0. The van der Waals surface area contributed by atoms with E-state index in [1.165, 1.54) is 35.1 Å². The van der Waals surface area contributed by atoms with Crippen LogP contribution in [0.2, 0.25) is 0 Å². The van der Waals surface area contributed by atoms with Gasteiger partial charge in [-0.15, -0.1) is 0 Å². The summed E-state index contributed by atoms with van der Waals surface area (Å²) in [5.41, 5.74) is -2.05. The number of para-hydroxylation sites is 1. The Morgan fingerprint density at radius 3 is 2.24 bits per heavy atom. The first kappa shape index (κ1) is 26.4. The molecule has 0 unspecified atom stereocenters. The summed E-state index contributed by atoms with van der Waals surface area (Å²) in [7, 11) is -9.60. The predicted octanol–water partition coefficient (Wildman–Crippen LogP) is 4.95. The highest BCUT2D eigenvalue weighted by Gasteiger charge is 2.46. The van der Waals surface area contributed by atoms with Crippen molar-refractivity contribution in [3.8, 4) is 11.1 Å². The molecule has 0 saturated heterocycles. The number of nitrogens with one attached hydrogen (secondary N) is 3. The van der Waals surface area contributed by atoms with Crippen molar-refractivity contribution in [2.45, 2.75) is 18.3 Å². The lowest BCUT2D eigenvalue weighted by molar-refractivity contribution is -0.0429. The van der Waals surface area contributed by atoms with Gasteiger partial charge in [0.05, 0.1) is 16.7 Å². The smallest absolute Gasteiger partial charge is 0.342 e. The number of benzene rings is 3. The third kappa shape index (κ3) is 6.20. The summed E-state index contributed by atoms with van der Waals surface area (Å²) < 4.78 is 99.9. The second-order valence-corrected chi connectivity index (χ2v) is 11.4. The van der Waals surface area contributed by atoms with E-state index in [1.807, 2.05) is 0 Å². The molecule has 4 aromatic rings. The first-order valence-electron chi connectivity index (χ1n) is 10.7. The highest BCUT2D eigenvalue weighted by Crippen LogP contribution is 2.31. The minimum atomic E-state index is -5.49. The molecule has 1 heterocycles. The Balaban J connectivity index is 1.48. The monoisotopic (exact) mass is 556 g/mol. The van der Waals surface area contributed by atoms with Gasteiger partial charge in [0.25, 0.3) is 10.0 Å². The Labute approximate surface area is 209 Å². The number of H-pyrrole nitrogens is 1. The molecule has 1 aromatic heterocycles. The average molecular weight is 557 g/mol. The van der Waals surface area contributed by atoms with Gasteiger partial charge in [-0.3, -0.25) is 9.44 Å². The largest absolute Gasteiger partial charge is 0.516 e. The highest BCUT2D eigenvalue weighted by atomic mass is 32.2. The van der Waals surface area contributed by atoms with E-state index in [2.05, 4.69) is 14.7 Å². The van der Waals surface area contributed by atoms with Crippen molar-refractivity contribution in [2.24, 2.45) is 0 Å². The number of imidazole rings is 1. The van der Waals surface area contributed by atoms with Gasteiger partial charge in [0.2, 0.25) is 6.01 Å². The van der Waals surface area contributed by atoms with Crippen LogP contribution in [0.5, 0.6) is 0 Å². The summed E-state index contributed by atoms with van der Waals surface area (Å²) in [6, 6.07) is 15.9. The first-order valence-corrected chi connectivity index (χ1v) is 13.8. The normalized spacial score (nSPS) is 12.5. The zero-order valence-corrected chi connectivity index (χ0v) is 20.5. The highest BCUT2D eigenvalue weighted by molar-refractivity contribution is 7.93. The van der Waals surface area contributed by atoms with E-state index in [0.29, 0.717) is 35.3 Å². The molecule has 196 valence electrons. The Morgan fingerprint density at radius 2 is 1.57 bits per heavy atom. The Bertz CT molecular complexity index is 1640. The van der Waals surface area contributed by atoms with Crippen molar-refractivity contribution >= 4 is 42.5 Å². The molecule has 0 radical (unpaired) electrons. The van der Waals surface area contributed by atoms with Crippen LogP contribution in [0.15, 0.2) is 66.7 Å². The van der Waals surface area contributed by atoms with Gasteiger partial charge in [0.15, 0.2) is 0 Å². The topological polar surface area (TPSA) is 121 Å². The van der Waals surface area contributed by atoms with Crippen LogP contribution in [0, 0.1) is 0 Å². The quantitative estimate of drug-likeness (QED) is 0.252. The molecule has 3 aromatic carbocycles. The summed E-state index contributed by atoms with van der Waals surface area (Å²) >= 11 is 0. The van der Waals surface area contributed by atoms with Gasteiger partial charge < -0.3 is 4.98 Å². The van der Waals surface area contributed by atoms with Crippen LogP contribution in [-0.4, -0.2) is 38.3 Å². The van der Waals surface area contributed by atoms with Crippen molar-refractivity contribution < 1.29 is 34.4 Å². The number of halogens is 4. The van der Waals surface area contributed by atoms with E-state index < -0.39 is 31.6 Å². The molecule has 0 bridgehead atoms. The molecule has 4 rings (SSSR count). The van der Waals surface area contributed by atoms with Crippen molar-refractivity contribution in [1.82, 2.24) is 9.97 Å². The van der Waals surface area contributed by atoms with Crippen LogP contribution >= 0.6 is 0 Å². The number of fused-ring (bicyclic) bond motifs is 1. The van der Waals surface area contributed by atoms with Crippen LogP contribution < -0.4 is 9.44 Å². The minimum absolute atomic E-state index is 0.202. The first-order chi connectivity index (χ1) is 17.4. The molecule has 0 amide bonds. The fourth-order valence-corrected chi connectivity index (χ4v) is 4.71. The average Bonchev–Trinajstić information content (AvgIpc) is 3.25. The minimum Gasteiger partial charge on any atom is -0.342 e. The number of hydrogen-bond donors (Lipinski definition) is 3. The number of aromatic nitrogens is 2. The van der Waals surface area contributed by atoms with Crippen LogP contribution in [0.1, 0.15) is 11.4 Å². The number of anilines is 2. The number of hydrogen-bond acceptors (Lipinski definition) is 5. The number of alkyl halides is 4. The van der Waals surface area contributed by atoms with Gasteiger partial charge in [0.1, 0.15) is 5.82 Å². The van der Waals surface area contributed by atoms with Crippen LogP contribution in [0.25, 0.3) is 22.2 Å². The molecule has 0 aliphatic heterocycles. The van der Waals surface area contributed by atoms with Crippen LogP contribution in [0.4, 0.5) is 28.9 Å². The van der Waals surface area contributed by atoms with Crippen LogP contribution in [0.3, 0.4) is 0 Å². The molecular formula is C23H20F4N4O4S2. The van der Waals surface area contributed by atoms with Crippen molar-refractivity contribution in [3.05, 3.63) is 78.1 Å². The van der Waals surface area contributed by atoms with Gasteiger partial charge >= 0.3 is 15.5 Å². The van der Waals surface area contributed by atoms with E-state index in [4.69, 9.17) is 0 Å². The molecule has 0 atom stereocenters. The molecule has 14 heteroatoms. The third-order valence-electron chi connectivity index (χ3n) is 5.34. The molecule has 0 aliphatic rings. The molecule has 8 nitrogen and oxygen atoms in total. The van der Waals surface area contributed by atoms with E-state index in [1.54, 1.807) is 36.4 Å². The summed E-state index contributed by atoms with van der Waals surface area (Å²) in [5, 5.41) is 0. The number of nitrogens with zero attached hydrogens (tertiary/aromatic N) is 1. The number of aryl methyl sites for hydroxylation is 2. The number of rotatable bonds is 9. The fourth-order valence-electron chi connectivity index (χ4n) is 3.58. The third-order valence-corrected chi connectivity index (χ3v) is 7.27. The Morgan fingerprint density at radius 1 is 0.865 bits per heavy atom. The van der Waals surface area contributed by atoms with E-state index in [0.717, 1.165) is 11.1 Å². The van der Waals surface area contributed by atoms with Gasteiger partial charge in [0, 0.05) is 17.7 Å². The van der Waals surface area contributed by atoms with E-state index in [-0.39, 0.29) is 11.4 Å². The van der Waals surface area contributed by atoms with Crippen molar-refractivity contribution in [2.75, 3.05) is 15.5 Å². The standard InChI is InChI=1S/C23H20F4N4O4S2/c24-14-36(32,33)31-19-4-2-1-3-18(19)16-8-11-20-21(13-16)29-22(28-20)12-7-15-5-9-17(10-6-15)30-37(34,35)23(25,26)27/h1-6,8-11,13,30-31H,7,12,14H2,(H,28,29). The van der Waals surface area contributed by atoms with Crippen LogP contribution in [-0.2, 0) is 32.9 Å². The van der Waals surface area contributed by atoms with E-state index >= 15 is 0 Å².